The summed E-state index contributed by atoms with van der Waals surface area (Å²) in [6, 6.07) is 0. The maximum absolute atomic E-state index is 11.4. The Morgan fingerprint density at radius 3 is 2.26 bits per heavy atom. The molecule has 0 aliphatic heterocycles. The minimum Gasteiger partial charge on any atom is -0.274 e. The number of hydrogen-bond acceptors (Lipinski definition) is 6. The Morgan fingerprint density at radius 2 is 1.89 bits per heavy atom. The summed E-state index contributed by atoms with van der Waals surface area (Å²) < 4.78 is 32.2. The molecule has 0 amide bonds. The monoisotopic (exact) mass is 296 g/mol. The first-order valence-corrected chi connectivity index (χ1v) is 7.25. The third kappa shape index (κ3) is 6.15. The average molecular weight is 296 g/mol. The zero-order valence-electron chi connectivity index (χ0n) is 11.8. The van der Waals surface area contributed by atoms with Crippen molar-refractivity contribution in [1.29, 1.82) is 0 Å². The summed E-state index contributed by atoms with van der Waals surface area (Å²) in [7, 11) is -1.44. The van der Waals surface area contributed by atoms with Crippen molar-refractivity contribution in [2.45, 2.75) is 32.3 Å². The summed E-state index contributed by atoms with van der Waals surface area (Å²) in [5.41, 5.74) is -0.986. The van der Waals surface area contributed by atoms with E-state index in [-0.39, 0.29) is 6.54 Å². The Balaban J connectivity index is 4.89. The molecule has 8 heteroatoms. The highest BCUT2D eigenvalue weighted by molar-refractivity contribution is 7.81. The van der Waals surface area contributed by atoms with E-state index < -0.39 is 22.0 Å². The van der Waals surface area contributed by atoms with Gasteiger partial charge in [-0.05, 0) is 12.8 Å². The fourth-order valence-electron chi connectivity index (χ4n) is 1.60. The number of hydrogen-bond donors (Lipinski definition) is 1. The largest absolute Gasteiger partial charge is 0.400 e. The Labute approximate surface area is 114 Å². The summed E-state index contributed by atoms with van der Waals surface area (Å²) in [5, 5.41) is 0.361. The van der Waals surface area contributed by atoms with Gasteiger partial charge in [0.15, 0.2) is 0 Å². The molecule has 0 aromatic heterocycles. The molecular weight excluding hydrogens is 274 g/mol. The second-order valence-electron chi connectivity index (χ2n) is 4.05. The number of rotatable bonds is 9. The quantitative estimate of drug-likeness (QED) is 0.461. The van der Waals surface area contributed by atoms with Crippen molar-refractivity contribution in [2.75, 3.05) is 20.7 Å². The number of hydroxylamine groups is 2. The van der Waals surface area contributed by atoms with Crippen LogP contribution in [0.4, 0.5) is 0 Å². The van der Waals surface area contributed by atoms with Crippen LogP contribution in [-0.4, -0.2) is 40.7 Å². The van der Waals surface area contributed by atoms with Gasteiger partial charge in [0.25, 0.3) is 0 Å². The molecule has 0 fully saturated rings. The zero-order valence-corrected chi connectivity index (χ0v) is 12.6. The molecule has 0 aromatic carbocycles. The van der Waals surface area contributed by atoms with Crippen LogP contribution in [0.2, 0.25) is 0 Å². The molecule has 0 heterocycles. The smallest absolute Gasteiger partial charge is 0.274 e. The zero-order chi connectivity index (χ0) is 15.1. The molecule has 1 unspecified atom stereocenters. The third-order valence-electron chi connectivity index (χ3n) is 2.78. The van der Waals surface area contributed by atoms with Gasteiger partial charge in [-0.3, -0.25) is 9.02 Å². The van der Waals surface area contributed by atoms with Gasteiger partial charge in [-0.2, -0.15) is 8.42 Å². The van der Waals surface area contributed by atoms with Crippen molar-refractivity contribution in [2.24, 2.45) is 0 Å². The SMILES string of the molecule is C=CC(=O)O[NH+](C)CC(CC)(CC)OS(=O)(=O)OC. The number of likely N-dealkylation sites (N-methyl/N-ethyl adjacent to an activating group) is 1. The van der Waals surface area contributed by atoms with Gasteiger partial charge in [-0.15, -0.1) is 5.06 Å². The topological polar surface area (TPSA) is 83.3 Å². The highest BCUT2D eigenvalue weighted by atomic mass is 32.3. The summed E-state index contributed by atoms with van der Waals surface area (Å²) in [4.78, 5) is 16.0. The van der Waals surface area contributed by atoms with Crippen LogP contribution in [0.3, 0.4) is 0 Å². The van der Waals surface area contributed by atoms with E-state index in [2.05, 4.69) is 10.8 Å². The summed E-state index contributed by atoms with van der Waals surface area (Å²) in [5.74, 6) is -0.590. The number of quaternary nitrogens is 1. The van der Waals surface area contributed by atoms with Crippen molar-refractivity contribution < 1.29 is 31.5 Å². The van der Waals surface area contributed by atoms with E-state index in [0.29, 0.717) is 17.9 Å². The highest BCUT2D eigenvalue weighted by Gasteiger charge is 2.38. The molecular formula is C11H22NO6S+. The second kappa shape index (κ2) is 7.59. The van der Waals surface area contributed by atoms with Gasteiger partial charge in [0, 0.05) is 6.08 Å². The molecule has 0 aliphatic rings. The second-order valence-corrected chi connectivity index (χ2v) is 5.37. The van der Waals surface area contributed by atoms with Gasteiger partial charge in [-0.1, -0.05) is 20.4 Å². The van der Waals surface area contributed by atoms with E-state index in [1.807, 2.05) is 0 Å². The molecule has 0 saturated carbocycles. The van der Waals surface area contributed by atoms with Crippen molar-refractivity contribution in [3.8, 4) is 0 Å². The van der Waals surface area contributed by atoms with Crippen LogP contribution < -0.4 is 5.06 Å². The lowest BCUT2D eigenvalue weighted by atomic mass is 9.98. The molecule has 1 atom stereocenters. The molecule has 112 valence electrons. The lowest BCUT2D eigenvalue weighted by Gasteiger charge is -2.30. The van der Waals surface area contributed by atoms with Crippen LogP contribution in [0.5, 0.6) is 0 Å². The Hall–Kier alpha value is -0.960. The molecule has 0 spiro atoms. The Morgan fingerprint density at radius 1 is 1.37 bits per heavy atom. The minimum absolute atomic E-state index is 0.169. The summed E-state index contributed by atoms with van der Waals surface area (Å²) in [6.07, 6.45) is 1.89. The van der Waals surface area contributed by atoms with E-state index in [9.17, 15) is 13.2 Å². The Kier molecular flexibility index (Phi) is 7.20. The maximum atomic E-state index is 11.4. The molecule has 0 saturated heterocycles. The predicted octanol–water partition coefficient (Wildman–Crippen LogP) is -0.388. The fraction of sp³-hybridized carbons (Fsp3) is 0.727. The predicted molar refractivity (Wildman–Crippen MR) is 68.4 cm³/mol. The fourth-order valence-corrected chi connectivity index (χ4v) is 2.40. The Bertz CT molecular complexity index is 401. The third-order valence-corrected chi connectivity index (χ3v) is 3.75. The molecule has 7 nitrogen and oxygen atoms in total. The first-order chi connectivity index (χ1) is 8.74. The molecule has 0 bridgehead atoms. The van der Waals surface area contributed by atoms with Crippen LogP contribution >= 0.6 is 0 Å². The van der Waals surface area contributed by atoms with E-state index >= 15 is 0 Å². The van der Waals surface area contributed by atoms with Crippen LogP contribution in [0, 0.1) is 0 Å². The van der Waals surface area contributed by atoms with Gasteiger partial charge >= 0.3 is 16.4 Å². The van der Waals surface area contributed by atoms with Gasteiger partial charge in [0.05, 0.1) is 7.11 Å². The van der Waals surface area contributed by atoms with Crippen LogP contribution in [0.15, 0.2) is 12.7 Å². The van der Waals surface area contributed by atoms with Gasteiger partial charge < -0.3 is 0 Å². The molecule has 0 rings (SSSR count). The van der Waals surface area contributed by atoms with Crippen LogP contribution in [0.25, 0.3) is 0 Å². The highest BCUT2D eigenvalue weighted by Crippen LogP contribution is 2.21. The first-order valence-electron chi connectivity index (χ1n) is 5.92. The average Bonchev–Trinajstić information content (AvgIpc) is 2.37. The van der Waals surface area contributed by atoms with Gasteiger partial charge in [0.2, 0.25) is 0 Å². The van der Waals surface area contributed by atoms with Crippen LogP contribution in [0.1, 0.15) is 26.7 Å². The van der Waals surface area contributed by atoms with E-state index in [0.717, 1.165) is 13.2 Å². The summed E-state index contributed by atoms with van der Waals surface area (Å²) in [6.45, 7) is 7.03. The molecule has 0 radical (unpaired) electrons. The standard InChI is InChI=1S/C11H21NO6S/c1-6-10(13)17-12(4)9-11(7-2,8-3)18-19(14,15)16-5/h6H,1,7-9H2,2-5H3/p+1. The molecule has 1 N–H and O–H groups in total. The van der Waals surface area contributed by atoms with Crippen molar-refractivity contribution in [3.63, 3.8) is 0 Å². The first kappa shape index (κ1) is 18.0. The van der Waals surface area contributed by atoms with Crippen molar-refractivity contribution >= 4 is 16.4 Å². The maximum Gasteiger partial charge on any atom is 0.400 e. The number of carbonyl (C=O) groups excluding carboxylic acids is 1. The van der Waals surface area contributed by atoms with Crippen molar-refractivity contribution in [3.05, 3.63) is 12.7 Å². The molecule has 0 aliphatic carbocycles. The minimum atomic E-state index is -4.05. The van der Waals surface area contributed by atoms with Crippen molar-refractivity contribution in [1.82, 2.24) is 0 Å². The van der Waals surface area contributed by atoms with Gasteiger partial charge in [0.1, 0.15) is 19.2 Å². The van der Waals surface area contributed by atoms with E-state index in [1.165, 1.54) is 0 Å². The van der Waals surface area contributed by atoms with E-state index in [1.54, 1.807) is 20.9 Å². The molecule has 19 heavy (non-hydrogen) atoms. The normalized spacial score (nSPS) is 13.9. The lowest BCUT2D eigenvalue weighted by Crippen LogP contribution is -3.10. The van der Waals surface area contributed by atoms with Gasteiger partial charge in [-0.25, -0.2) is 8.98 Å². The molecule has 0 aromatic rings. The number of nitrogens with one attached hydrogen (secondary N) is 1. The summed E-state index contributed by atoms with van der Waals surface area (Å²) >= 11 is 0. The van der Waals surface area contributed by atoms with Crippen LogP contribution in [-0.2, 0) is 28.4 Å². The van der Waals surface area contributed by atoms with E-state index in [4.69, 9.17) is 9.02 Å². The number of carbonyl (C=O) groups is 1. The lowest BCUT2D eigenvalue weighted by molar-refractivity contribution is -1.06.